The van der Waals surface area contributed by atoms with E-state index in [0.717, 1.165) is 122 Å². The van der Waals surface area contributed by atoms with Gasteiger partial charge < -0.3 is 14.2 Å². The van der Waals surface area contributed by atoms with Crippen molar-refractivity contribution in [2.75, 3.05) is 13.2 Å². The van der Waals surface area contributed by atoms with Crippen LogP contribution in [0, 0.1) is 0 Å². The van der Waals surface area contributed by atoms with Gasteiger partial charge in [-0.05, 0) is 103 Å². The molecule has 0 fully saturated rings. The van der Waals surface area contributed by atoms with Gasteiger partial charge in [0.05, 0.1) is 0 Å². The Morgan fingerprint density at radius 1 is 0.328 bits per heavy atom. The molecule has 0 aromatic rings. The zero-order valence-electron chi connectivity index (χ0n) is 42.0. The zero-order chi connectivity index (χ0) is 46.5. The highest BCUT2D eigenvalue weighted by atomic mass is 16.6. The Labute approximate surface area is 395 Å². The van der Waals surface area contributed by atoms with Gasteiger partial charge in [-0.2, -0.15) is 0 Å². The first-order valence-corrected chi connectivity index (χ1v) is 26.9. The molecule has 6 nitrogen and oxygen atoms in total. The van der Waals surface area contributed by atoms with Crippen molar-refractivity contribution in [2.45, 2.75) is 264 Å². The van der Waals surface area contributed by atoms with Gasteiger partial charge in [0.25, 0.3) is 0 Å². The van der Waals surface area contributed by atoms with E-state index in [1.54, 1.807) is 0 Å². The van der Waals surface area contributed by atoms with E-state index in [0.29, 0.717) is 19.3 Å². The van der Waals surface area contributed by atoms with E-state index in [1.807, 2.05) is 0 Å². The molecule has 1 atom stereocenters. The fourth-order valence-electron chi connectivity index (χ4n) is 7.35. The molecule has 64 heavy (non-hydrogen) atoms. The number of ether oxygens (including phenoxy) is 3. The molecule has 0 unspecified atom stereocenters. The summed E-state index contributed by atoms with van der Waals surface area (Å²) in [5.74, 6) is -0.921. The van der Waals surface area contributed by atoms with Crippen LogP contribution in [0.4, 0.5) is 0 Å². The lowest BCUT2D eigenvalue weighted by Gasteiger charge is -2.18. The van der Waals surface area contributed by atoms with Gasteiger partial charge in [0.1, 0.15) is 13.2 Å². The van der Waals surface area contributed by atoms with Crippen LogP contribution in [0.5, 0.6) is 0 Å². The number of hydrogen-bond acceptors (Lipinski definition) is 6. The number of hydrogen-bond donors (Lipinski definition) is 0. The molecule has 6 heteroatoms. The Morgan fingerprint density at radius 2 is 0.625 bits per heavy atom. The van der Waals surface area contributed by atoms with E-state index in [2.05, 4.69) is 93.7 Å². The Hall–Kier alpha value is -3.15. The fourth-order valence-corrected chi connectivity index (χ4v) is 7.35. The van der Waals surface area contributed by atoms with Crippen LogP contribution in [0.3, 0.4) is 0 Å². The van der Waals surface area contributed by atoms with Crippen LogP contribution in [-0.2, 0) is 28.6 Å². The molecular formula is C58H100O6. The molecule has 0 aromatic carbocycles. The van der Waals surface area contributed by atoms with Crippen molar-refractivity contribution in [1.29, 1.82) is 0 Å². The minimum atomic E-state index is -0.792. The molecule has 0 bridgehead atoms. The molecule has 0 amide bonds. The van der Waals surface area contributed by atoms with Gasteiger partial charge in [-0.3, -0.25) is 14.4 Å². The topological polar surface area (TPSA) is 78.9 Å². The standard InChI is InChI=1S/C58H100O6/c1-4-7-10-13-16-19-22-25-28-29-31-33-36-39-42-45-48-51-57(60)63-54-55(53-62-56(59)50-47-44-41-38-35-32-27-24-21-18-15-12-9-6-3)64-58(61)52-49-46-43-40-37-34-30-26-23-20-17-14-11-8-5-2/h8,11,15,17-18,20,24-28,30,55H,4-7,9-10,12-14,16,19,21-23,29,31-54H2,1-3H3/b11-8+,18-15+,20-17+,27-24+,28-25+,30-26+/t55-/m1/s1. The minimum absolute atomic E-state index is 0.0892. The number of rotatable bonds is 48. The van der Waals surface area contributed by atoms with Crippen molar-refractivity contribution < 1.29 is 28.6 Å². The lowest BCUT2D eigenvalue weighted by atomic mass is 10.1. The van der Waals surface area contributed by atoms with Crippen LogP contribution in [0.15, 0.2) is 72.9 Å². The molecular weight excluding hydrogens is 793 g/mol. The molecule has 0 N–H and O–H groups in total. The van der Waals surface area contributed by atoms with Crippen LogP contribution >= 0.6 is 0 Å². The average molecular weight is 893 g/mol. The van der Waals surface area contributed by atoms with Crippen molar-refractivity contribution >= 4 is 17.9 Å². The first-order valence-electron chi connectivity index (χ1n) is 26.9. The van der Waals surface area contributed by atoms with Gasteiger partial charge in [-0.15, -0.1) is 0 Å². The number of carbonyl (C=O) groups is 3. The van der Waals surface area contributed by atoms with Crippen LogP contribution in [0.1, 0.15) is 258 Å². The average Bonchev–Trinajstić information content (AvgIpc) is 3.29. The number of esters is 3. The molecule has 0 spiro atoms. The van der Waals surface area contributed by atoms with E-state index >= 15 is 0 Å². The molecule has 0 heterocycles. The van der Waals surface area contributed by atoms with E-state index in [9.17, 15) is 14.4 Å². The van der Waals surface area contributed by atoms with Crippen molar-refractivity contribution in [2.24, 2.45) is 0 Å². The molecule has 0 saturated carbocycles. The van der Waals surface area contributed by atoms with E-state index in [-0.39, 0.29) is 31.1 Å². The quantitative estimate of drug-likeness (QED) is 0.0262. The maximum absolute atomic E-state index is 12.8. The highest BCUT2D eigenvalue weighted by molar-refractivity contribution is 5.71. The second-order valence-electron chi connectivity index (χ2n) is 17.7. The van der Waals surface area contributed by atoms with Gasteiger partial charge in [0.15, 0.2) is 6.10 Å². The Kier molecular flexibility index (Phi) is 49.9. The van der Waals surface area contributed by atoms with Gasteiger partial charge in [0, 0.05) is 19.3 Å². The normalized spacial score (nSPS) is 12.6. The predicted molar refractivity (Wildman–Crippen MR) is 274 cm³/mol. The molecule has 0 rings (SSSR count). The predicted octanol–water partition coefficient (Wildman–Crippen LogP) is 17.8. The van der Waals surface area contributed by atoms with E-state index in [1.165, 1.54) is 96.3 Å². The third-order valence-corrected chi connectivity index (χ3v) is 11.4. The van der Waals surface area contributed by atoms with Gasteiger partial charge in [0.2, 0.25) is 0 Å². The summed E-state index contributed by atoms with van der Waals surface area (Å²) in [5.41, 5.74) is 0. The maximum atomic E-state index is 12.8. The highest BCUT2D eigenvalue weighted by Crippen LogP contribution is 2.14. The Morgan fingerprint density at radius 3 is 1.02 bits per heavy atom. The fraction of sp³-hybridized carbons (Fsp3) is 0.741. The summed E-state index contributed by atoms with van der Waals surface area (Å²) in [7, 11) is 0. The third-order valence-electron chi connectivity index (χ3n) is 11.4. The van der Waals surface area contributed by atoms with Gasteiger partial charge in [-0.1, -0.05) is 209 Å². The molecule has 0 aliphatic heterocycles. The lowest BCUT2D eigenvalue weighted by Crippen LogP contribution is -2.30. The summed E-state index contributed by atoms with van der Waals surface area (Å²) < 4.78 is 16.8. The van der Waals surface area contributed by atoms with Gasteiger partial charge >= 0.3 is 17.9 Å². The highest BCUT2D eigenvalue weighted by Gasteiger charge is 2.19. The summed E-state index contributed by atoms with van der Waals surface area (Å²) in [6.45, 7) is 6.46. The maximum Gasteiger partial charge on any atom is 0.306 e. The van der Waals surface area contributed by atoms with Crippen molar-refractivity contribution in [1.82, 2.24) is 0 Å². The number of unbranched alkanes of at least 4 members (excludes halogenated alkanes) is 25. The van der Waals surface area contributed by atoms with Crippen molar-refractivity contribution in [3.05, 3.63) is 72.9 Å². The van der Waals surface area contributed by atoms with E-state index < -0.39 is 6.10 Å². The van der Waals surface area contributed by atoms with Crippen LogP contribution < -0.4 is 0 Å². The summed E-state index contributed by atoms with van der Waals surface area (Å²) >= 11 is 0. The lowest BCUT2D eigenvalue weighted by molar-refractivity contribution is -0.167. The van der Waals surface area contributed by atoms with Crippen molar-refractivity contribution in [3.63, 3.8) is 0 Å². The second kappa shape index (κ2) is 52.5. The SMILES string of the molecule is CC/C=C/C/C=C/C/C=C/CCCCCCCC(=O)O[C@H](COC(=O)CCCCCCC/C=C/C/C=C/CCCC)COC(=O)CCCCCCCCC/C=C/CCCCCCCC. The van der Waals surface area contributed by atoms with Crippen LogP contribution in [-0.4, -0.2) is 37.2 Å². The molecule has 0 aromatic heterocycles. The van der Waals surface area contributed by atoms with E-state index in [4.69, 9.17) is 14.2 Å². The molecule has 0 saturated heterocycles. The monoisotopic (exact) mass is 893 g/mol. The van der Waals surface area contributed by atoms with Crippen molar-refractivity contribution in [3.8, 4) is 0 Å². The zero-order valence-corrected chi connectivity index (χ0v) is 42.0. The first kappa shape index (κ1) is 60.9. The summed E-state index contributed by atoms with van der Waals surface area (Å²) in [4.78, 5) is 38.0. The first-order chi connectivity index (χ1) is 31.5. The molecule has 0 radical (unpaired) electrons. The van der Waals surface area contributed by atoms with Crippen LogP contribution in [0.25, 0.3) is 0 Å². The molecule has 368 valence electrons. The minimum Gasteiger partial charge on any atom is -0.462 e. The Bertz CT molecular complexity index is 1210. The largest absolute Gasteiger partial charge is 0.462 e. The second-order valence-corrected chi connectivity index (χ2v) is 17.7. The van der Waals surface area contributed by atoms with Gasteiger partial charge in [-0.25, -0.2) is 0 Å². The summed E-state index contributed by atoms with van der Waals surface area (Å²) in [6, 6.07) is 0. The van der Waals surface area contributed by atoms with Crippen LogP contribution in [0.2, 0.25) is 0 Å². The summed E-state index contributed by atoms with van der Waals surface area (Å²) in [5, 5.41) is 0. The number of allylic oxidation sites excluding steroid dienone is 12. The number of carbonyl (C=O) groups excluding carboxylic acids is 3. The third kappa shape index (κ3) is 49.9. The molecule has 0 aliphatic carbocycles. The summed E-state index contributed by atoms with van der Waals surface area (Å²) in [6.07, 6.45) is 66.0. The Balaban J connectivity index is 4.42. The molecule has 0 aliphatic rings. The smallest absolute Gasteiger partial charge is 0.306 e.